The van der Waals surface area contributed by atoms with Crippen molar-refractivity contribution < 1.29 is 14.0 Å². The Morgan fingerprint density at radius 1 is 1.29 bits per heavy atom. The lowest BCUT2D eigenvalue weighted by Crippen LogP contribution is -2.52. The van der Waals surface area contributed by atoms with E-state index < -0.39 is 5.39 Å². The van der Waals surface area contributed by atoms with Gasteiger partial charge in [0.1, 0.15) is 13.1 Å². The van der Waals surface area contributed by atoms with Crippen LogP contribution in [0.4, 0.5) is 0 Å². The Kier molecular flexibility index (Phi) is 4.29. The first-order valence-corrected chi connectivity index (χ1v) is 9.43. The Labute approximate surface area is 112 Å². The predicted molar refractivity (Wildman–Crippen MR) is 77.2 cm³/mol. The van der Waals surface area contributed by atoms with Gasteiger partial charge in [0.25, 0.3) is 0 Å². The van der Waals surface area contributed by atoms with E-state index in [-0.39, 0.29) is 0 Å². The van der Waals surface area contributed by atoms with E-state index in [0.29, 0.717) is 17.6 Å². The Morgan fingerprint density at radius 3 is 2.41 bits per heavy atom. The number of ether oxygens (including phenoxy) is 1. The first-order valence-electron chi connectivity index (χ1n) is 5.52. The number of quaternary nitrogens is 1. The summed E-state index contributed by atoms with van der Waals surface area (Å²) in [6, 6.07) is 10.1. The molecule has 0 saturated carbocycles. The number of benzene rings is 1. The molecule has 1 aromatic carbocycles. The van der Waals surface area contributed by atoms with E-state index in [2.05, 4.69) is 0 Å². The molecule has 1 heterocycles. The second-order valence-corrected chi connectivity index (χ2v) is 10.4. The van der Waals surface area contributed by atoms with E-state index in [1.807, 2.05) is 30.3 Å². The van der Waals surface area contributed by atoms with Crippen LogP contribution in [0.25, 0.3) is 0 Å². The average Bonchev–Trinajstić information content (AvgIpc) is 2.40. The minimum Gasteiger partial charge on any atom is -0.370 e. The van der Waals surface area contributed by atoms with Crippen molar-refractivity contribution in [2.24, 2.45) is 0 Å². The molecule has 0 N–H and O–H groups in total. The van der Waals surface area contributed by atoms with Crippen molar-refractivity contribution in [2.45, 2.75) is 0 Å². The second kappa shape index (κ2) is 5.39. The molecule has 3 nitrogen and oxygen atoms in total. The van der Waals surface area contributed by atoms with Crippen LogP contribution in [-0.2, 0) is 21.4 Å². The molecular formula is C11H17NO2PS2+. The van der Waals surface area contributed by atoms with E-state index >= 15 is 0 Å². The van der Waals surface area contributed by atoms with Crippen molar-refractivity contribution in [1.29, 1.82) is 0 Å². The zero-order valence-corrected chi connectivity index (χ0v) is 12.4. The van der Waals surface area contributed by atoms with Crippen LogP contribution in [0.5, 0.6) is 0 Å². The summed E-state index contributed by atoms with van der Waals surface area (Å²) in [5, 5.41) is -0.989. The predicted octanol–water partition coefficient (Wildman–Crippen LogP) is 1.96. The molecule has 6 heteroatoms. The monoisotopic (exact) mass is 290 g/mol. The van der Waals surface area contributed by atoms with Crippen LogP contribution in [0, 0.1) is 0 Å². The van der Waals surface area contributed by atoms with Gasteiger partial charge in [-0.1, -0.05) is 30.4 Å². The normalized spacial score (nSPS) is 22.9. The minimum atomic E-state index is -2.09. The fraction of sp³-hybridized carbons (Fsp3) is 0.455. The first kappa shape index (κ1) is 13.5. The highest BCUT2D eigenvalue weighted by atomic mass is 32.9. The molecule has 2 rings (SSSR count). The third kappa shape index (κ3) is 2.46. The smallest absolute Gasteiger partial charge is 0.229 e. The molecule has 1 atom stereocenters. The first-order chi connectivity index (χ1) is 8.12. The van der Waals surface area contributed by atoms with Gasteiger partial charge in [0.05, 0.1) is 25.6 Å². The van der Waals surface area contributed by atoms with E-state index in [9.17, 15) is 0 Å². The van der Waals surface area contributed by atoms with Crippen LogP contribution in [0.2, 0.25) is 0 Å². The van der Waals surface area contributed by atoms with Crippen molar-refractivity contribution >= 4 is 34.8 Å². The molecule has 1 fully saturated rings. The quantitative estimate of drug-likeness (QED) is 0.678. The van der Waals surface area contributed by atoms with Gasteiger partial charge in [-0.15, -0.1) is 4.42 Å². The van der Waals surface area contributed by atoms with Gasteiger partial charge in [-0.25, -0.2) is 4.84 Å². The molecule has 0 spiro atoms. The fourth-order valence-electron chi connectivity index (χ4n) is 2.03. The van der Waals surface area contributed by atoms with E-state index in [1.165, 1.54) is 0 Å². The molecular weight excluding hydrogens is 273 g/mol. The summed E-state index contributed by atoms with van der Waals surface area (Å²) in [7, 11) is 1.71. The van der Waals surface area contributed by atoms with Crippen LogP contribution < -0.4 is 5.30 Å². The fourth-order valence-corrected chi connectivity index (χ4v) is 6.14. The number of hydrogen-bond acceptors (Lipinski definition) is 3. The van der Waals surface area contributed by atoms with Crippen molar-refractivity contribution in [3.05, 3.63) is 30.3 Å². The van der Waals surface area contributed by atoms with Crippen molar-refractivity contribution in [3.8, 4) is 0 Å². The highest BCUT2D eigenvalue weighted by Gasteiger charge is 2.45. The van der Waals surface area contributed by atoms with Gasteiger partial charge < -0.3 is 4.74 Å². The maximum atomic E-state index is 5.81. The summed E-state index contributed by atoms with van der Waals surface area (Å²) in [5.74, 6) is 0. The molecule has 1 aliphatic rings. The van der Waals surface area contributed by atoms with Gasteiger partial charge in [0.15, 0.2) is 0 Å². The third-order valence-corrected chi connectivity index (χ3v) is 8.81. The number of morpholine rings is 1. The summed E-state index contributed by atoms with van der Waals surface area (Å²) in [6.07, 6.45) is 0. The lowest BCUT2D eigenvalue weighted by atomic mass is 10.4. The number of rotatable bonds is 3. The van der Waals surface area contributed by atoms with Crippen LogP contribution in [-0.4, -0.2) is 37.8 Å². The number of hydrogen-bond donors (Lipinski definition) is 1. The maximum Gasteiger partial charge on any atom is 0.229 e. The molecule has 0 aromatic heterocycles. The molecule has 17 heavy (non-hydrogen) atoms. The SMILES string of the molecule is CO[N+]1(P(=S)(S)c2ccccc2)CCOCC1. The second-order valence-electron chi connectivity index (χ2n) is 3.97. The molecule has 1 aromatic rings. The van der Waals surface area contributed by atoms with Crippen LogP contribution in [0.1, 0.15) is 0 Å². The van der Waals surface area contributed by atoms with E-state index in [4.69, 9.17) is 33.6 Å². The maximum absolute atomic E-state index is 5.81. The summed E-state index contributed by atoms with van der Waals surface area (Å²) >= 11 is 10.6. The highest BCUT2D eigenvalue weighted by Crippen LogP contribution is 2.59. The summed E-state index contributed by atoms with van der Waals surface area (Å²) in [5.41, 5.74) is 0. The van der Waals surface area contributed by atoms with Gasteiger partial charge in [-0.05, 0) is 23.9 Å². The van der Waals surface area contributed by atoms with Crippen LogP contribution in [0.3, 0.4) is 0 Å². The number of nitrogens with zero attached hydrogens (tertiary/aromatic N) is 1. The summed E-state index contributed by atoms with van der Waals surface area (Å²) < 4.78 is 5.83. The lowest BCUT2D eigenvalue weighted by Gasteiger charge is -2.42. The average molecular weight is 290 g/mol. The van der Waals surface area contributed by atoms with Crippen LogP contribution in [0.15, 0.2) is 30.3 Å². The lowest BCUT2D eigenvalue weighted by molar-refractivity contribution is -1.01. The van der Waals surface area contributed by atoms with Gasteiger partial charge in [-0.2, -0.15) is 0 Å². The topological polar surface area (TPSA) is 18.5 Å². The molecule has 1 unspecified atom stereocenters. The molecule has 1 aliphatic heterocycles. The molecule has 0 bridgehead atoms. The molecule has 0 radical (unpaired) electrons. The minimum absolute atomic E-state index is 0.426. The Morgan fingerprint density at radius 2 is 1.88 bits per heavy atom. The van der Waals surface area contributed by atoms with Gasteiger partial charge in [-0.3, -0.25) is 0 Å². The van der Waals surface area contributed by atoms with Crippen molar-refractivity contribution in [1.82, 2.24) is 0 Å². The van der Waals surface area contributed by atoms with Crippen molar-refractivity contribution in [3.63, 3.8) is 0 Å². The van der Waals surface area contributed by atoms with E-state index in [1.54, 1.807) is 7.11 Å². The van der Waals surface area contributed by atoms with Crippen molar-refractivity contribution in [2.75, 3.05) is 33.4 Å². The largest absolute Gasteiger partial charge is 0.370 e. The Bertz CT molecular complexity index is 421. The van der Waals surface area contributed by atoms with Gasteiger partial charge in [0, 0.05) is 0 Å². The Hall–Kier alpha value is 0.1000. The zero-order valence-electron chi connectivity index (χ0n) is 9.78. The number of thiol groups is 1. The standard InChI is InChI=1S/C11H16NO2PS2/c1-13-12(7-9-14-10-8-12)15(16,17)11-5-3-2-4-6-11/h2-6H,7-10H2,1H3/p+1. The van der Waals surface area contributed by atoms with E-state index in [0.717, 1.165) is 18.4 Å². The van der Waals surface area contributed by atoms with Gasteiger partial charge in [0.2, 0.25) is 5.39 Å². The summed E-state index contributed by atoms with van der Waals surface area (Å²) in [4.78, 5) is 5.72. The Balaban J connectivity index is 2.39. The molecule has 1 saturated heterocycles. The third-order valence-electron chi connectivity index (χ3n) is 3.10. The summed E-state index contributed by atoms with van der Waals surface area (Å²) in [6.45, 7) is 2.90. The molecule has 0 amide bonds. The molecule has 0 aliphatic carbocycles. The zero-order chi connectivity index (χ0) is 12.4. The van der Waals surface area contributed by atoms with Crippen LogP contribution >= 0.6 is 17.6 Å². The number of hydroxylamine groups is 2. The highest BCUT2D eigenvalue weighted by molar-refractivity contribution is 8.63. The van der Waals surface area contributed by atoms with Gasteiger partial charge >= 0.3 is 0 Å². The molecule has 94 valence electrons.